The molecule has 2 rings (SSSR count). The molecule has 84 valence electrons. The quantitative estimate of drug-likeness (QED) is 0.909. The zero-order chi connectivity index (χ0) is 11.7. The number of nitrogens with two attached hydrogens (primary N) is 1. The summed E-state index contributed by atoms with van der Waals surface area (Å²) in [6.45, 7) is 0. The molecule has 2 aromatic rings. The molecule has 0 radical (unpaired) electrons. The van der Waals surface area contributed by atoms with Gasteiger partial charge in [-0.15, -0.1) is 5.10 Å². The molecule has 6 heteroatoms. The van der Waals surface area contributed by atoms with Crippen molar-refractivity contribution < 1.29 is 0 Å². The van der Waals surface area contributed by atoms with E-state index < -0.39 is 0 Å². The first-order valence-corrected chi connectivity index (χ1v) is 6.23. The molecule has 1 aromatic heterocycles. The van der Waals surface area contributed by atoms with E-state index in [9.17, 15) is 0 Å². The van der Waals surface area contributed by atoms with Gasteiger partial charge >= 0.3 is 0 Å². The van der Waals surface area contributed by atoms with Crippen LogP contribution < -0.4 is 5.73 Å². The summed E-state index contributed by atoms with van der Waals surface area (Å²) in [6, 6.07) is 5.68. The molecular formula is C10H10Br2N4. The lowest BCUT2D eigenvalue weighted by Gasteiger charge is -2.13. The van der Waals surface area contributed by atoms with Crippen LogP contribution in [0.2, 0.25) is 0 Å². The van der Waals surface area contributed by atoms with Crippen LogP contribution in [-0.2, 0) is 7.05 Å². The van der Waals surface area contributed by atoms with Crippen molar-refractivity contribution >= 4 is 31.9 Å². The second kappa shape index (κ2) is 4.65. The van der Waals surface area contributed by atoms with Crippen molar-refractivity contribution in [3.8, 4) is 0 Å². The van der Waals surface area contributed by atoms with E-state index in [2.05, 4.69) is 42.2 Å². The first-order chi connectivity index (χ1) is 7.59. The van der Waals surface area contributed by atoms with Gasteiger partial charge in [0.2, 0.25) is 0 Å². The molecule has 0 aliphatic heterocycles. The third kappa shape index (κ3) is 2.18. The van der Waals surface area contributed by atoms with Crippen LogP contribution in [0, 0.1) is 0 Å². The molecule has 1 atom stereocenters. The maximum absolute atomic E-state index is 6.17. The minimum Gasteiger partial charge on any atom is -0.319 e. The third-order valence-corrected chi connectivity index (χ3v) is 3.55. The molecule has 16 heavy (non-hydrogen) atoms. The minimum atomic E-state index is -0.234. The Morgan fingerprint density at radius 2 is 2.12 bits per heavy atom. The summed E-state index contributed by atoms with van der Waals surface area (Å²) in [6.07, 6.45) is 1.68. The largest absolute Gasteiger partial charge is 0.319 e. The van der Waals surface area contributed by atoms with E-state index in [-0.39, 0.29) is 6.04 Å². The molecule has 0 fully saturated rings. The van der Waals surface area contributed by atoms with Crippen molar-refractivity contribution in [1.82, 2.24) is 15.0 Å². The average molecular weight is 346 g/mol. The summed E-state index contributed by atoms with van der Waals surface area (Å²) in [5, 5.41) is 7.70. The lowest BCUT2D eigenvalue weighted by atomic mass is 10.1. The zero-order valence-electron chi connectivity index (χ0n) is 8.56. The normalized spacial score (nSPS) is 12.8. The van der Waals surface area contributed by atoms with E-state index in [1.807, 2.05) is 25.2 Å². The predicted molar refractivity (Wildman–Crippen MR) is 68.9 cm³/mol. The molecule has 0 spiro atoms. The molecular weight excluding hydrogens is 336 g/mol. The molecule has 4 nitrogen and oxygen atoms in total. The maximum Gasteiger partial charge on any atom is 0.0796 e. The van der Waals surface area contributed by atoms with Gasteiger partial charge in [0.05, 0.1) is 17.9 Å². The first-order valence-electron chi connectivity index (χ1n) is 4.64. The van der Waals surface area contributed by atoms with Crippen LogP contribution in [0.5, 0.6) is 0 Å². The van der Waals surface area contributed by atoms with E-state index >= 15 is 0 Å². The van der Waals surface area contributed by atoms with Crippen LogP contribution in [0.4, 0.5) is 0 Å². The lowest BCUT2D eigenvalue weighted by Crippen LogP contribution is -2.16. The van der Waals surface area contributed by atoms with Gasteiger partial charge in [0, 0.05) is 16.0 Å². The molecule has 0 aliphatic carbocycles. The van der Waals surface area contributed by atoms with E-state index in [1.165, 1.54) is 0 Å². The van der Waals surface area contributed by atoms with Gasteiger partial charge in [0.25, 0.3) is 0 Å². The van der Waals surface area contributed by atoms with Gasteiger partial charge < -0.3 is 5.73 Å². The fraction of sp³-hybridized carbons (Fsp3) is 0.200. The number of hydrogen-bond acceptors (Lipinski definition) is 3. The molecule has 0 saturated carbocycles. The van der Waals surface area contributed by atoms with Gasteiger partial charge in [0.15, 0.2) is 0 Å². The Hall–Kier alpha value is -0.720. The van der Waals surface area contributed by atoms with Gasteiger partial charge in [-0.2, -0.15) is 0 Å². The van der Waals surface area contributed by atoms with Crippen molar-refractivity contribution in [2.24, 2.45) is 12.8 Å². The highest BCUT2D eigenvalue weighted by atomic mass is 79.9. The van der Waals surface area contributed by atoms with E-state index in [1.54, 1.807) is 10.9 Å². The van der Waals surface area contributed by atoms with Crippen LogP contribution in [0.1, 0.15) is 17.3 Å². The summed E-state index contributed by atoms with van der Waals surface area (Å²) in [5.41, 5.74) is 8.05. The van der Waals surface area contributed by atoms with Crippen molar-refractivity contribution in [2.45, 2.75) is 6.04 Å². The van der Waals surface area contributed by atoms with E-state index in [0.29, 0.717) is 0 Å². The van der Waals surface area contributed by atoms with Crippen LogP contribution in [-0.4, -0.2) is 15.0 Å². The van der Waals surface area contributed by atoms with Crippen LogP contribution in [0.25, 0.3) is 0 Å². The average Bonchev–Trinajstić information content (AvgIpc) is 2.63. The van der Waals surface area contributed by atoms with Gasteiger partial charge in [-0.25, -0.2) is 0 Å². The summed E-state index contributed by atoms with van der Waals surface area (Å²) in [7, 11) is 1.83. The lowest BCUT2D eigenvalue weighted by molar-refractivity contribution is 0.650. The highest BCUT2D eigenvalue weighted by Gasteiger charge is 2.15. The second-order valence-electron chi connectivity index (χ2n) is 3.43. The van der Waals surface area contributed by atoms with Gasteiger partial charge in [-0.1, -0.05) is 43.1 Å². The minimum absolute atomic E-state index is 0.234. The highest BCUT2D eigenvalue weighted by molar-refractivity contribution is 9.11. The summed E-state index contributed by atoms with van der Waals surface area (Å²) >= 11 is 6.91. The molecule has 2 N–H and O–H groups in total. The van der Waals surface area contributed by atoms with E-state index in [0.717, 1.165) is 20.2 Å². The number of aryl methyl sites for hydroxylation is 1. The van der Waals surface area contributed by atoms with Crippen molar-refractivity contribution in [1.29, 1.82) is 0 Å². The highest BCUT2D eigenvalue weighted by Crippen LogP contribution is 2.28. The van der Waals surface area contributed by atoms with Crippen molar-refractivity contribution in [3.63, 3.8) is 0 Å². The van der Waals surface area contributed by atoms with Crippen LogP contribution in [0.3, 0.4) is 0 Å². The summed E-state index contributed by atoms with van der Waals surface area (Å²) in [5.74, 6) is 0. The number of rotatable bonds is 2. The Bertz CT molecular complexity index is 509. The number of benzene rings is 1. The van der Waals surface area contributed by atoms with Gasteiger partial charge in [0.1, 0.15) is 0 Å². The second-order valence-corrected chi connectivity index (χ2v) is 5.20. The summed E-state index contributed by atoms with van der Waals surface area (Å²) < 4.78 is 3.66. The predicted octanol–water partition coefficient (Wildman–Crippen LogP) is 2.39. The van der Waals surface area contributed by atoms with E-state index in [4.69, 9.17) is 5.73 Å². The monoisotopic (exact) mass is 344 g/mol. The number of aromatic nitrogens is 3. The fourth-order valence-electron chi connectivity index (χ4n) is 1.49. The molecule has 1 aromatic carbocycles. The molecule has 0 bridgehead atoms. The topological polar surface area (TPSA) is 56.7 Å². The Kier molecular flexibility index (Phi) is 3.41. The van der Waals surface area contributed by atoms with Gasteiger partial charge in [-0.3, -0.25) is 4.68 Å². The number of hydrogen-bond donors (Lipinski definition) is 1. The maximum atomic E-state index is 6.17. The Balaban J connectivity index is 2.41. The number of nitrogens with zero attached hydrogens (tertiary/aromatic N) is 3. The molecule has 1 unspecified atom stereocenters. The van der Waals surface area contributed by atoms with Gasteiger partial charge in [-0.05, 0) is 17.7 Å². The standard InChI is InChI=1S/C10H10Br2N4/c1-16-9(5-14-15-16)10(13)7-3-2-6(11)4-8(7)12/h2-5,10H,13H2,1H3. The Morgan fingerprint density at radius 3 is 2.69 bits per heavy atom. The SMILES string of the molecule is Cn1nncc1C(N)c1ccc(Br)cc1Br. The van der Waals surface area contributed by atoms with Crippen LogP contribution >= 0.6 is 31.9 Å². The molecule has 0 amide bonds. The molecule has 0 aliphatic rings. The first kappa shape index (κ1) is 11.8. The molecule has 0 saturated heterocycles. The zero-order valence-corrected chi connectivity index (χ0v) is 11.7. The summed E-state index contributed by atoms with van der Waals surface area (Å²) in [4.78, 5) is 0. The van der Waals surface area contributed by atoms with Crippen molar-refractivity contribution in [3.05, 3.63) is 44.6 Å². The van der Waals surface area contributed by atoms with Crippen LogP contribution in [0.15, 0.2) is 33.3 Å². The number of halogens is 2. The fourth-order valence-corrected chi connectivity index (χ4v) is 2.79. The van der Waals surface area contributed by atoms with Crippen molar-refractivity contribution in [2.75, 3.05) is 0 Å². The molecule has 1 heterocycles. The smallest absolute Gasteiger partial charge is 0.0796 e. The third-order valence-electron chi connectivity index (χ3n) is 2.37. The Labute approximate surface area is 110 Å². The Morgan fingerprint density at radius 1 is 1.38 bits per heavy atom.